The molecule has 1 aromatic rings. The molecule has 1 atom stereocenters. The minimum Gasteiger partial charge on any atom is -0.497 e. The monoisotopic (exact) mass is 264 g/mol. The molecular weight excluding hydrogens is 244 g/mol. The van der Waals surface area contributed by atoms with E-state index in [2.05, 4.69) is 0 Å². The SMILES string of the molecule is COc1ccc(N)c(C(=O)N2CCCC(OC)C2)c1. The number of nitrogens with two attached hydrogens (primary N) is 1. The molecule has 2 rings (SSSR count). The molecule has 0 radical (unpaired) electrons. The van der Waals surface area contributed by atoms with E-state index in [9.17, 15) is 4.79 Å². The van der Waals surface area contributed by atoms with Gasteiger partial charge in [-0.3, -0.25) is 4.79 Å². The van der Waals surface area contributed by atoms with Crippen LogP contribution in [0, 0.1) is 0 Å². The summed E-state index contributed by atoms with van der Waals surface area (Å²) in [4.78, 5) is 14.3. The van der Waals surface area contributed by atoms with E-state index in [1.165, 1.54) is 0 Å². The number of likely N-dealkylation sites (tertiary alicyclic amines) is 1. The Labute approximate surface area is 113 Å². The lowest BCUT2D eigenvalue weighted by Crippen LogP contribution is -2.43. The number of nitrogens with zero attached hydrogens (tertiary/aromatic N) is 1. The maximum atomic E-state index is 12.5. The molecule has 5 nitrogen and oxygen atoms in total. The average Bonchev–Trinajstić information content (AvgIpc) is 2.47. The van der Waals surface area contributed by atoms with Crippen molar-refractivity contribution in [1.82, 2.24) is 4.90 Å². The predicted molar refractivity (Wildman–Crippen MR) is 73.3 cm³/mol. The Bertz CT molecular complexity index is 462. The molecule has 1 saturated heterocycles. The minimum atomic E-state index is -0.0573. The first-order valence-corrected chi connectivity index (χ1v) is 6.41. The molecule has 2 N–H and O–H groups in total. The van der Waals surface area contributed by atoms with Crippen molar-refractivity contribution in [2.75, 3.05) is 33.0 Å². The minimum absolute atomic E-state index is 0.0573. The number of piperidine rings is 1. The highest BCUT2D eigenvalue weighted by Gasteiger charge is 2.25. The van der Waals surface area contributed by atoms with Gasteiger partial charge in [-0.2, -0.15) is 0 Å². The van der Waals surface area contributed by atoms with E-state index in [0.29, 0.717) is 23.5 Å². The molecule has 0 spiro atoms. The summed E-state index contributed by atoms with van der Waals surface area (Å²) in [6, 6.07) is 5.14. The molecule has 19 heavy (non-hydrogen) atoms. The van der Waals surface area contributed by atoms with Crippen molar-refractivity contribution in [3.63, 3.8) is 0 Å². The molecule has 104 valence electrons. The summed E-state index contributed by atoms with van der Waals surface area (Å²) in [6.07, 6.45) is 2.06. The van der Waals surface area contributed by atoms with Crippen LogP contribution in [0.5, 0.6) is 5.75 Å². The number of nitrogen functional groups attached to an aromatic ring is 1. The number of anilines is 1. The number of carbonyl (C=O) groups is 1. The number of carbonyl (C=O) groups excluding carboxylic acids is 1. The fourth-order valence-corrected chi connectivity index (χ4v) is 2.33. The van der Waals surface area contributed by atoms with E-state index in [4.69, 9.17) is 15.2 Å². The van der Waals surface area contributed by atoms with Gasteiger partial charge in [-0.1, -0.05) is 0 Å². The highest BCUT2D eigenvalue weighted by Crippen LogP contribution is 2.23. The topological polar surface area (TPSA) is 64.8 Å². The molecule has 1 heterocycles. The second kappa shape index (κ2) is 5.93. The van der Waals surface area contributed by atoms with Gasteiger partial charge in [0.25, 0.3) is 5.91 Å². The number of benzene rings is 1. The summed E-state index contributed by atoms with van der Waals surface area (Å²) < 4.78 is 10.5. The zero-order valence-corrected chi connectivity index (χ0v) is 11.4. The zero-order valence-electron chi connectivity index (χ0n) is 11.4. The van der Waals surface area contributed by atoms with Crippen LogP contribution in [0.3, 0.4) is 0 Å². The normalized spacial score (nSPS) is 19.3. The summed E-state index contributed by atoms with van der Waals surface area (Å²) in [5.41, 5.74) is 6.86. The predicted octanol–water partition coefficient (Wildman–Crippen LogP) is 1.53. The van der Waals surface area contributed by atoms with Gasteiger partial charge < -0.3 is 20.1 Å². The summed E-state index contributed by atoms with van der Waals surface area (Å²) >= 11 is 0. The van der Waals surface area contributed by atoms with Gasteiger partial charge in [0.1, 0.15) is 5.75 Å². The molecular formula is C14H20N2O3. The molecule has 1 amide bonds. The summed E-state index contributed by atoms with van der Waals surface area (Å²) in [5, 5.41) is 0. The van der Waals surface area contributed by atoms with Crippen LogP contribution < -0.4 is 10.5 Å². The number of amides is 1. The Kier molecular flexibility index (Phi) is 4.27. The first kappa shape index (κ1) is 13.7. The van der Waals surface area contributed by atoms with Crippen molar-refractivity contribution in [3.8, 4) is 5.75 Å². The Morgan fingerprint density at radius 3 is 2.89 bits per heavy atom. The van der Waals surface area contributed by atoms with Gasteiger partial charge in [0.05, 0.1) is 18.8 Å². The quantitative estimate of drug-likeness (QED) is 0.841. The number of methoxy groups -OCH3 is 2. The van der Waals surface area contributed by atoms with Gasteiger partial charge in [0, 0.05) is 25.9 Å². The molecule has 0 saturated carbocycles. The van der Waals surface area contributed by atoms with E-state index < -0.39 is 0 Å². The van der Waals surface area contributed by atoms with E-state index in [1.54, 1.807) is 37.3 Å². The molecule has 1 aliphatic heterocycles. The Morgan fingerprint density at radius 2 is 2.21 bits per heavy atom. The Hall–Kier alpha value is -1.75. The lowest BCUT2D eigenvalue weighted by molar-refractivity contribution is 0.0269. The van der Waals surface area contributed by atoms with Crippen LogP contribution >= 0.6 is 0 Å². The summed E-state index contributed by atoms with van der Waals surface area (Å²) in [7, 11) is 3.25. The molecule has 0 bridgehead atoms. The molecule has 0 aliphatic carbocycles. The van der Waals surface area contributed by atoms with E-state index in [0.717, 1.165) is 19.4 Å². The highest BCUT2D eigenvalue weighted by molar-refractivity contribution is 5.99. The van der Waals surface area contributed by atoms with E-state index in [1.807, 2.05) is 0 Å². The third-order valence-electron chi connectivity index (χ3n) is 3.49. The summed E-state index contributed by atoms with van der Waals surface area (Å²) in [6.45, 7) is 1.36. The molecule has 1 fully saturated rings. The van der Waals surface area contributed by atoms with Crippen LogP contribution in [0.2, 0.25) is 0 Å². The standard InChI is InChI=1S/C14H20N2O3/c1-18-10-5-6-13(15)12(8-10)14(17)16-7-3-4-11(9-16)19-2/h5-6,8,11H,3-4,7,9,15H2,1-2H3. The van der Waals surface area contributed by atoms with Crippen molar-refractivity contribution in [3.05, 3.63) is 23.8 Å². The Balaban J connectivity index is 2.18. The van der Waals surface area contributed by atoms with Crippen molar-refractivity contribution in [2.45, 2.75) is 18.9 Å². The zero-order chi connectivity index (χ0) is 13.8. The first-order valence-electron chi connectivity index (χ1n) is 6.41. The van der Waals surface area contributed by atoms with Crippen LogP contribution in [0.25, 0.3) is 0 Å². The number of ether oxygens (including phenoxy) is 2. The number of rotatable bonds is 3. The average molecular weight is 264 g/mol. The first-order chi connectivity index (χ1) is 9.15. The molecule has 0 aromatic heterocycles. The van der Waals surface area contributed by atoms with E-state index in [-0.39, 0.29) is 12.0 Å². The Morgan fingerprint density at radius 1 is 1.42 bits per heavy atom. The fourth-order valence-electron chi connectivity index (χ4n) is 2.33. The largest absolute Gasteiger partial charge is 0.497 e. The van der Waals surface area contributed by atoms with Gasteiger partial charge in [-0.15, -0.1) is 0 Å². The lowest BCUT2D eigenvalue weighted by Gasteiger charge is -2.32. The van der Waals surface area contributed by atoms with E-state index >= 15 is 0 Å². The number of hydrogen-bond acceptors (Lipinski definition) is 4. The maximum Gasteiger partial charge on any atom is 0.256 e. The highest BCUT2D eigenvalue weighted by atomic mass is 16.5. The van der Waals surface area contributed by atoms with Crippen molar-refractivity contribution < 1.29 is 14.3 Å². The second-order valence-electron chi connectivity index (χ2n) is 4.70. The molecule has 1 aliphatic rings. The third kappa shape index (κ3) is 2.98. The van der Waals surface area contributed by atoms with Gasteiger partial charge in [-0.25, -0.2) is 0 Å². The summed E-state index contributed by atoms with van der Waals surface area (Å²) in [5.74, 6) is 0.580. The second-order valence-corrected chi connectivity index (χ2v) is 4.70. The van der Waals surface area contributed by atoms with Crippen molar-refractivity contribution in [2.24, 2.45) is 0 Å². The molecule has 5 heteroatoms. The van der Waals surface area contributed by atoms with Gasteiger partial charge >= 0.3 is 0 Å². The van der Waals surface area contributed by atoms with Crippen LogP contribution in [0.1, 0.15) is 23.2 Å². The van der Waals surface area contributed by atoms with Crippen molar-refractivity contribution in [1.29, 1.82) is 0 Å². The van der Waals surface area contributed by atoms with Crippen LogP contribution in [0.4, 0.5) is 5.69 Å². The maximum absolute atomic E-state index is 12.5. The van der Waals surface area contributed by atoms with Crippen molar-refractivity contribution >= 4 is 11.6 Å². The van der Waals surface area contributed by atoms with Crippen LogP contribution in [-0.2, 0) is 4.74 Å². The van der Waals surface area contributed by atoms with Gasteiger partial charge in [0.2, 0.25) is 0 Å². The lowest BCUT2D eigenvalue weighted by atomic mass is 10.1. The fraction of sp³-hybridized carbons (Fsp3) is 0.500. The smallest absolute Gasteiger partial charge is 0.256 e. The van der Waals surface area contributed by atoms with Gasteiger partial charge in [0.15, 0.2) is 0 Å². The molecule has 1 aromatic carbocycles. The van der Waals surface area contributed by atoms with Crippen LogP contribution in [0.15, 0.2) is 18.2 Å². The number of hydrogen-bond donors (Lipinski definition) is 1. The van der Waals surface area contributed by atoms with Gasteiger partial charge in [-0.05, 0) is 31.0 Å². The van der Waals surface area contributed by atoms with Crippen LogP contribution in [-0.4, -0.2) is 44.2 Å². The third-order valence-corrected chi connectivity index (χ3v) is 3.49. The molecule has 1 unspecified atom stereocenters.